The summed E-state index contributed by atoms with van der Waals surface area (Å²) in [6.07, 6.45) is -0.635. The summed E-state index contributed by atoms with van der Waals surface area (Å²) < 4.78 is 4.74. The number of aliphatic hydroxyl groups is 1. The van der Waals surface area contributed by atoms with Crippen molar-refractivity contribution in [3.8, 4) is 0 Å². The van der Waals surface area contributed by atoms with E-state index in [1.807, 2.05) is 17.5 Å². The molecule has 0 spiro atoms. The highest BCUT2D eigenvalue weighted by Crippen LogP contribution is 2.30. The SMILES string of the molecule is OC(c1ccsn1)c1ccc(Cl)s1. The van der Waals surface area contributed by atoms with Crippen LogP contribution in [0.5, 0.6) is 0 Å². The molecule has 0 radical (unpaired) electrons. The number of hydrogen-bond donors (Lipinski definition) is 1. The van der Waals surface area contributed by atoms with Gasteiger partial charge < -0.3 is 5.11 Å². The van der Waals surface area contributed by atoms with Crippen LogP contribution >= 0.6 is 34.5 Å². The summed E-state index contributed by atoms with van der Waals surface area (Å²) in [6.45, 7) is 0. The topological polar surface area (TPSA) is 33.1 Å². The Morgan fingerprint density at radius 1 is 1.38 bits per heavy atom. The molecule has 0 bridgehead atoms. The van der Waals surface area contributed by atoms with Crippen molar-refractivity contribution in [3.05, 3.63) is 38.5 Å². The smallest absolute Gasteiger partial charge is 0.131 e. The molecule has 0 aliphatic heterocycles. The van der Waals surface area contributed by atoms with Gasteiger partial charge in [-0.1, -0.05) is 11.6 Å². The number of hydrogen-bond acceptors (Lipinski definition) is 4. The maximum absolute atomic E-state index is 9.79. The highest BCUT2D eigenvalue weighted by Gasteiger charge is 2.13. The van der Waals surface area contributed by atoms with Gasteiger partial charge in [-0.15, -0.1) is 11.3 Å². The van der Waals surface area contributed by atoms with Crippen LogP contribution in [0.15, 0.2) is 23.6 Å². The first kappa shape index (κ1) is 9.15. The van der Waals surface area contributed by atoms with Gasteiger partial charge >= 0.3 is 0 Å². The summed E-state index contributed by atoms with van der Waals surface area (Å²) in [6, 6.07) is 5.40. The Kier molecular flexibility index (Phi) is 2.64. The summed E-state index contributed by atoms with van der Waals surface area (Å²) in [5, 5.41) is 11.6. The van der Waals surface area contributed by atoms with Crippen molar-refractivity contribution in [2.24, 2.45) is 0 Å². The summed E-state index contributed by atoms with van der Waals surface area (Å²) >= 11 is 8.46. The molecule has 1 unspecified atom stereocenters. The fourth-order valence-corrected chi connectivity index (χ4v) is 2.59. The van der Waals surface area contributed by atoms with Gasteiger partial charge in [0, 0.05) is 10.3 Å². The zero-order valence-corrected chi connectivity index (χ0v) is 8.86. The minimum atomic E-state index is -0.635. The number of aliphatic hydroxyl groups excluding tert-OH is 1. The van der Waals surface area contributed by atoms with E-state index >= 15 is 0 Å². The largest absolute Gasteiger partial charge is 0.381 e. The third kappa shape index (κ3) is 1.91. The number of rotatable bonds is 2. The van der Waals surface area contributed by atoms with E-state index in [1.165, 1.54) is 22.9 Å². The van der Waals surface area contributed by atoms with Gasteiger partial charge in [0.25, 0.3) is 0 Å². The number of nitrogens with zero attached hydrogens (tertiary/aromatic N) is 1. The molecule has 0 saturated heterocycles. The third-order valence-electron chi connectivity index (χ3n) is 1.60. The molecule has 0 aromatic carbocycles. The van der Waals surface area contributed by atoms with E-state index in [2.05, 4.69) is 4.37 Å². The van der Waals surface area contributed by atoms with Gasteiger partial charge in [0.05, 0.1) is 10.0 Å². The second-order valence-corrected chi connectivity index (χ2v) is 4.88. The normalized spacial score (nSPS) is 13.1. The van der Waals surface area contributed by atoms with Crippen molar-refractivity contribution in [3.63, 3.8) is 0 Å². The maximum Gasteiger partial charge on any atom is 0.131 e. The Hall–Kier alpha value is -0.420. The van der Waals surface area contributed by atoms with Crippen LogP contribution < -0.4 is 0 Å². The minimum Gasteiger partial charge on any atom is -0.381 e. The van der Waals surface area contributed by atoms with E-state index < -0.39 is 6.10 Å². The third-order valence-corrected chi connectivity index (χ3v) is 3.46. The zero-order chi connectivity index (χ0) is 9.26. The molecule has 1 N–H and O–H groups in total. The molecule has 0 fully saturated rings. The molecule has 0 amide bonds. The number of halogens is 1. The van der Waals surface area contributed by atoms with Gasteiger partial charge in [0.15, 0.2) is 0 Å². The van der Waals surface area contributed by atoms with Crippen molar-refractivity contribution in [2.75, 3.05) is 0 Å². The van der Waals surface area contributed by atoms with Crippen LogP contribution in [-0.2, 0) is 0 Å². The average molecular weight is 232 g/mol. The predicted octanol–water partition coefficient (Wildman–Crippen LogP) is 2.94. The fraction of sp³-hybridized carbons (Fsp3) is 0.125. The maximum atomic E-state index is 9.79. The van der Waals surface area contributed by atoms with Crippen LogP contribution in [0.1, 0.15) is 16.7 Å². The van der Waals surface area contributed by atoms with Crippen LogP contribution in [-0.4, -0.2) is 9.48 Å². The van der Waals surface area contributed by atoms with Crippen molar-refractivity contribution in [1.29, 1.82) is 0 Å². The molecule has 0 aliphatic carbocycles. The van der Waals surface area contributed by atoms with E-state index in [0.29, 0.717) is 10.0 Å². The molecular formula is C8H6ClNOS2. The van der Waals surface area contributed by atoms with Crippen LogP contribution in [0.2, 0.25) is 4.34 Å². The van der Waals surface area contributed by atoms with Crippen LogP contribution in [0.25, 0.3) is 0 Å². The lowest BCUT2D eigenvalue weighted by Gasteiger charge is -2.02. The summed E-state index contributed by atoms with van der Waals surface area (Å²) in [7, 11) is 0. The van der Waals surface area contributed by atoms with E-state index in [9.17, 15) is 5.11 Å². The second kappa shape index (κ2) is 3.75. The molecule has 13 heavy (non-hydrogen) atoms. The zero-order valence-electron chi connectivity index (χ0n) is 6.48. The van der Waals surface area contributed by atoms with Crippen molar-refractivity contribution in [1.82, 2.24) is 4.37 Å². The van der Waals surface area contributed by atoms with Gasteiger partial charge in [-0.3, -0.25) is 0 Å². The average Bonchev–Trinajstić information content (AvgIpc) is 2.72. The van der Waals surface area contributed by atoms with Crippen molar-refractivity contribution in [2.45, 2.75) is 6.10 Å². The quantitative estimate of drug-likeness (QED) is 0.862. The van der Waals surface area contributed by atoms with Gasteiger partial charge in [-0.25, -0.2) is 0 Å². The summed E-state index contributed by atoms with van der Waals surface area (Å²) in [5.74, 6) is 0. The number of aromatic nitrogens is 1. The van der Waals surface area contributed by atoms with Gasteiger partial charge in [0.2, 0.25) is 0 Å². The molecule has 2 nitrogen and oxygen atoms in total. The first-order chi connectivity index (χ1) is 6.27. The Balaban J connectivity index is 2.28. The predicted molar refractivity (Wildman–Crippen MR) is 55.5 cm³/mol. The molecule has 1 atom stereocenters. The van der Waals surface area contributed by atoms with E-state index in [1.54, 1.807) is 6.07 Å². The Morgan fingerprint density at radius 3 is 2.77 bits per heavy atom. The van der Waals surface area contributed by atoms with Crippen LogP contribution in [0, 0.1) is 0 Å². The lowest BCUT2D eigenvalue weighted by atomic mass is 10.2. The molecule has 0 saturated carbocycles. The Bertz CT molecular complexity index is 385. The molecule has 5 heteroatoms. The second-order valence-electron chi connectivity index (χ2n) is 2.47. The number of thiophene rings is 1. The van der Waals surface area contributed by atoms with Gasteiger partial charge in [0.1, 0.15) is 6.10 Å². The molecule has 2 heterocycles. The summed E-state index contributed by atoms with van der Waals surface area (Å²) in [5.41, 5.74) is 0.684. The Labute approximate surface area is 88.6 Å². The highest BCUT2D eigenvalue weighted by atomic mass is 35.5. The van der Waals surface area contributed by atoms with Gasteiger partial charge in [-0.2, -0.15) is 4.37 Å². The summed E-state index contributed by atoms with van der Waals surface area (Å²) in [4.78, 5) is 0.830. The van der Waals surface area contributed by atoms with E-state index in [0.717, 1.165) is 4.88 Å². The van der Waals surface area contributed by atoms with Crippen molar-refractivity contribution >= 4 is 34.5 Å². The van der Waals surface area contributed by atoms with Crippen molar-refractivity contribution < 1.29 is 5.11 Å². The van der Waals surface area contributed by atoms with E-state index in [4.69, 9.17) is 11.6 Å². The monoisotopic (exact) mass is 231 g/mol. The minimum absolute atomic E-state index is 0.635. The molecular weight excluding hydrogens is 226 g/mol. The molecule has 68 valence electrons. The first-order valence-corrected chi connectivity index (χ1v) is 5.64. The van der Waals surface area contributed by atoms with Gasteiger partial charge in [-0.05, 0) is 29.7 Å². The Morgan fingerprint density at radius 2 is 2.23 bits per heavy atom. The fourth-order valence-electron chi connectivity index (χ4n) is 0.984. The van der Waals surface area contributed by atoms with Crippen LogP contribution in [0.3, 0.4) is 0 Å². The molecule has 2 aromatic rings. The molecule has 0 aliphatic rings. The lowest BCUT2D eigenvalue weighted by Crippen LogP contribution is -1.95. The molecule has 2 rings (SSSR count). The first-order valence-electron chi connectivity index (χ1n) is 3.61. The highest BCUT2D eigenvalue weighted by molar-refractivity contribution is 7.16. The standard InChI is InChI=1S/C8H6ClNOS2/c9-7-2-1-6(13-7)8(11)5-3-4-12-10-5/h1-4,8,11H. The lowest BCUT2D eigenvalue weighted by molar-refractivity contribution is 0.220. The van der Waals surface area contributed by atoms with Crippen LogP contribution in [0.4, 0.5) is 0 Å². The van der Waals surface area contributed by atoms with E-state index in [-0.39, 0.29) is 0 Å². The molecule has 2 aromatic heterocycles.